The van der Waals surface area contributed by atoms with Crippen molar-refractivity contribution in [2.45, 2.75) is 45.4 Å². The van der Waals surface area contributed by atoms with Gasteiger partial charge >= 0.3 is 0 Å². The first kappa shape index (κ1) is 21.9. The lowest BCUT2D eigenvalue weighted by Crippen LogP contribution is -2.19. The predicted octanol–water partition coefficient (Wildman–Crippen LogP) is 8.72. The number of nitrogens with one attached hydrogen (secondary N) is 1. The van der Waals surface area contributed by atoms with E-state index in [1.807, 2.05) is 0 Å². The topological polar surface area (TPSA) is 12.0 Å². The molecule has 0 aromatic heterocycles. The van der Waals surface area contributed by atoms with Crippen molar-refractivity contribution in [2.24, 2.45) is 0 Å². The monoisotopic (exact) mass is 419 g/mol. The molecule has 1 N–H and O–H groups in total. The van der Waals surface area contributed by atoms with Gasteiger partial charge in [0.05, 0.1) is 0 Å². The van der Waals surface area contributed by atoms with Gasteiger partial charge in [0.15, 0.2) is 0 Å². The van der Waals surface area contributed by atoms with Crippen LogP contribution in [0.1, 0.15) is 51.3 Å². The molecule has 0 aliphatic carbocycles. The third kappa shape index (κ3) is 4.62. The van der Waals surface area contributed by atoms with Gasteiger partial charge in [-0.05, 0) is 51.9 Å². The third-order valence-electron chi connectivity index (χ3n) is 6.33. The first-order valence-corrected chi connectivity index (χ1v) is 11.4. The summed E-state index contributed by atoms with van der Waals surface area (Å²) in [4.78, 5) is 0. The largest absolute Gasteiger partial charge is 0.355 e. The molecular weight excluding hydrogens is 386 g/mol. The van der Waals surface area contributed by atoms with Gasteiger partial charge in [0.25, 0.3) is 0 Å². The Bertz CT molecular complexity index is 1180. The molecule has 0 spiro atoms. The zero-order chi connectivity index (χ0) is 22.8. The Morgan fingerprint density at radius 3 is 1.81 bits per heavy atom. The molecule has 0 fully saturated rings. The molecule has 0 aliphatic heterocycles. The summed E-state index contributed by atoms with van der Waals surface area (Å²) in [5.74, 6) is 0. The number of hydrogen-bond acceptors (Lipinski definition) is 1. The van der Waals surface area contributed by atoms with Gasteiger partial charge in [0, 0.05) is 22.4 Å². The van der Waals surface area contributed by atoms with Crippen LogP contribution in [0.3, 0.4) is 0 Å². The van der Waals surface area contributed by atoms with Gasteiger partial charge in [-0.1, -0.05) is 113 Å². The fourth-order valence-corrected chi connectivity index (χ4v) is 4.14. The van der Waals surface area contributed by atoms with Crippen molar-refractivity contribution in [3.05, 3.63) is 120 Å². The second-order valence-electron chi connectivity index (χ2n) is 10.1. The lowest BCUT2D eigenvalue weighted by Gasteiger charge is -2.28. The van der Waals surface area contributed by atoms with Crippen LogP contribution in [-0.4, -0.2) is 0 Å². The Hall–Kier alpha value is -3.32. The summed E-state index contributed by atoms with van der Waals surface area (Å²) in [5.41, 5.74) is 8.64. The normalized spacial score (nSPS) is 11.9. The van der Waals surface area contributed by atoms with Gasteiger partial charge in [-0.25, -0.2) is 0 Å². The Balaban J connectivity index is 1.79. The molecule has 0 heterocycles. The number of rotatable bonds is 5. The zero-order valence-electron chi connectivity index (χ0n) is 19.8. The Labute approximate surface area is 193 Å². The fourth-order valence-electron chi connectivity index (χ4n) is 4.14. The smallest absolute Gasteiger partial charge is 0.0464 e. The summed E-state index contributed by atoms with van der Waals surface area (Å²) in [5, 5.41) is 3.70. The minimum atomic E-state index is -0.0878. The maximum Gasteiger partial charge on any atom is 0.0464 e. The fraction of sp³-hybridized carbons (Fsp3) is 0.226. The van der Waals surface area contributed by atoms with Crippen LogP contribution in [0.2, 0.25) is 0 Å². The molecule has 0 amide bonds. The molecule has 4 aromatic rings. The molecule has 1 nitrogen and oxygen atoms in total. The van der Waals surface area contributed by atoms with Crippen LogP contribution in [0.4, 0.5) is 11.4 Å². The molecular formula is C31H33N. The summed E-state index contributed by atoms with van der Waals surface area (Å²) in [6.07, 6.45) is 0. The molecule has 162 valence electrons. The van der Waals surface area contributed by atoms with Gasteiger partial charge in [-0.3, -0.25) is 0 Å². The summed E-state index contributed by atoms with van der Waals surface area (Å²) < 4.78 is 0. The van der Waals surface area contributed by atoms with E-state index >= 15 is 0 Å². The van der Waals surface area contributed by atoms with E-state index in [0.717, 1.165) is 11.4 Å². The van der Waals surface area contributed by atoms with E-state index in [-0.39, 0.29) is 10.8 Å². The minimum Gasteiger partial charge on any atom is -0.355 e. The van der Waals surface area contributed by atoms with Crippen molar-refractivity contribution in [3.8, 4) is 11.1 Å². The van der Waals surface area contributed by atoms with E-state index in [1.54, 1.807) is 0 Å². The van der Waals surface area contributed by atoms with E-state index in [1.165, 1.54) is 27.8 Å². The molecule has 4 aromatic carbocycles. The van der Waals surface area contributed by atoms with E-state index in [0.29, 0.717) is 0 Å². The van der Waals surface area contributed by atoms with Crippen LogP contribution in [0.25, 0.3) is 11.1 Å². The van der Waals surface area contributed by atoms with Gasteiger partial charge in [-0.15, -0.1) is 0 Å². The number of benzene rings is 4. The van der Waals surface area contributed by atoms with Gasteiger partial charge < -0.3 is 5.32 Å². The van der Waals surface area contributed by atoms with Crippen LogP contribution in [0, 0.1) is 0 Å². The summed E-state index contributed by atoms with van der Waals surface area (Å²) >= 11 is 0. The molecule has 1 heteroatoms. The average Bonchev–Trinajstić information content (AvgIpc) is 2.80. The number of anilines is 2. The van der Waals surface area contributed by atoms with Crippen molar-refractivity contribution in [3.63, 3.8) is 0 Å². The Morgan fingerprint density at radius 2 is 1.16 bits per heavy atom. The quantitative estimate of drug-likeness (QED) is 0.341. The van der Waals surface area contributed by atoms with E-state index in [4.69, 9.17) is 0 Å². The number of hydrogen-bond donors (Lipinski definition) is 1. The molecule has 0 radical (unpaired) electrons. The first-order chi connectivity index (χ1) is 15.2. The van der Waals surface area contributed by atoms with Crippen LogP contribution in [-0.2, 0) is 10.8 Å². The van der Waals surface area contributed by atoms with Crippen molar-refractivity contribution in [2.75, 3.05) is 5.32 Å². The molecule has 0 unspecified atom stereocenters. The van der Waals surface area contributed by atoms with Crippen LogP contribution in [0.5, 0.6) is 0 Å². The Kier molecular flexibility index (Phi) is 5.93. The van der Waals surface area contributed by atoms with Crippen molar-refractivity contribution in [1.29, 1.82) is 0 Å². The molecule has 0 saturated carbocycles. The van der Waals surface area contributed by atoms with Crippen LogP contribution < -0.4 is 5.32 Å². The molecule has 0 saturated heterocycles. The molecule has 0 aliphatic rings. The molecule has 32 heavy (non-hydrogen) atoms. The van der Waals surface area contributed by atoms with Crippen molar-refractivity contribution in [1.82, 2.24) is 0 Å². The van der Waals surface area contributed by atoms with E-state index in [2.05, 4.69) is 143 Å². The molecule has 4 rings (SSSR count). The zero-order valence-corrected chi connectivity index (χ0v) is 19.8. The predicted molar refractivity (Wildman–Crippen MR) is 139 cm³/mol. The summed E-state index contributed by atoms with van der Waals surface area (Å²) in [6.45, 7) is 11.4. The maximum absolute atomic E-state index is 3.70. The van der Waals surface area contributed by atoms with E-state index < -0.39 is 0 Å². The highest BCUT2D eigenvalue weighted by atomic mass is 14.9. The lowest BCUT2D eigenvalue weighted by atomic mass is 9.77. The van der Waals surface area contributed by atoms with Crippen molar-refractivity contribution < 1.29 is 0 Å². The SMILES string of the molecule is CC(C)(C)c1cccc(Nc2ccc(C(C)(C)c3ccccc3)cc2-c2ccccc2)c1. The highest BCUT2D eigenvalue weighted by Gasteiger charge is 2.24. The summed E-state index contributed by atoms with van der Waals surface area (Å²) in [6, 6.07) is 37.0. The standard InChI is InChI=1S/C31H33N/c1-30(2,3)25-17-12-18-27(21-25)32-29-20-19-26(22-28(29)23-13-8-6-9-14-23)31(4,5)24-15-10-7-11-16-24/h6-22,32H,1-5H3. The van der Waals surface area contributed by atoms with Crippen LogP contribution >= 0.6 is 0 Å². The Morgan fingerprint density at radius 1 is 0.531 bits per heavy atom. The second-order valence-corrected chi connectivity index (χ2v) is 10.1. The third-order valence-corrected chi connectivity index (χ3v) is 6.33. The average molecular weight is 420 g/mol. The second kappa shape index (κ2) is 8.67. The van der Waals surface area contributed by atoms with Crippen molar-refractivity contribution >= 4 is 11.4 Å². The molecule has 0 bridgehead atoms. The first-order valence-electron chi connectivity index (χ1n) is 11.4. The van der Waals surface area contributed by atoms with E-state index in [9.17, 15) is 0 Å². The lowest BCUT2D eigenvalue weighted by molar-refractivity contribution is 0.590. The molecule has 0 atom stereocenters. The van der Waals surface area contributed by atoms with Gasteiger partial charge in [-0.2, -0.15) is 0 Å². The highest BCUT2D eigenvalue weighted by Crippen LogP contribution is 2.38. The highest BCUT2D eigenvalue weighted by molar-refractivity contribution is 5.82. The van der Waals surface area contributed by atoms with Gasteiger partial charge in [0.2, 0.25) is 0 Å². The maximum atomic E-state index is 3.70. The van der Waals surface area contributed by atoms with Gasteiger partial charge in [0.1, 0.15) is 0 Å². The summed E-state index contributed by atoms with van der Waals surface area (Å²) in [7, 11) is 0. The van der Waals surface area contributed by atoms with Crippen LogP contribution in [0.15, 0.2) is 103 Å². The minimum absolute atomic E-state index is 0.0878.